The topological polar surface area (TPSA) is 49.4 Å². The fourth-order valence-corrected chi connectivity index (χ4v) is 2.80. The van der Waals surface area contributed by atoms with Gasteiger partial charge in [-0.1, -0.05) is 25.1 Å². The third-order valence-electron chi connectivity index (χ3n) is 3.37. The molecule has 6 heteroatoms. The highest BCUT2D eigenvalue weighted by Crippen LogP contribution is 2.20. The van der Waals surface area contributed by atoms with E-state index in [1.807, 2.05) is 24.9 Å². The minimum atomic E-state index is -2.94. The van der Waals surface area contributed by atoms with Crippen LogP contribution in [0.5, 0.6) is 0 Å². The lowest BCUT2D eigenvalue weighted by Crippen LogP contribution is -2.30. The molecule has 1 aromatic carbocycles. The summed E-state index contributed by atoms with van der Waals surface area (Å²) >= 11 is 0. The number of nitrogens with zero attached hydrogens (tertiary/aromatic N) is 1. The molecule has 1 unspecified atom stereocenters. The largest absolute Gasteiger partial charge is 0.310 e. The monoisotopic (exact) mass is 316 g/mol. The third-order valence-corrected chi connectivity index (χ3v) is 4.30. The first-order valence-electron chi connectivity index (χ1n) is 7.17. The minimum Gasteiger partial charge on any atom is -0.310 e. The third kappa shape index (κ3) is 7.02. The highest BCUT2D eigenvalue weighted by atomic mass is 32.2. The predicted molar refractivity (Wildman–Crippen MR) is 84.6 cm³/mol. The summed E-state index contributed by atoms with van der Waals surface area (Å²) in [7, 11) is -1.06. The second kappa shape index (κ2) is 8.46. The van der Waals surface area contributed by atoms with Crippen LogP contribution in [0.3, 0.4) is 0 Å². The number of benzene rings is 1. The number of sulfone groups is 1. The van der Waals surface area contributed by atoms with Crippen LogP contribution in [0.1, 0.15) is 24.9 Å². The summed E-state index contributed by atoms with van der Waals surface area (Å²) in [5.41, 5.74) is 0.663. The Balaban J connectivity index is 2.58. The highest BCUT2D eigenvalue weighted by Gasteiger charge is 2.15. The van der Waals surface area contributed by atoms with E-state index in [1.165, 1.54) is 12.3 Å². The molecule has 0 fully saturated rings. The molecule has 0 heterocycles. The van der Waals surface area contributed by atoms with Crippen LogP contribution < -0.4 is 5.32 Å². The molecule has 1 aromatic rings. The normalized spacial score (nSPS) is 13.6. The number of hydrogen-bond acceptors (Lipinski definition) is 4. The van der Waals surface area contributed by atoms with Crippen LogP contribution in [0, 0.1) is 5.82 Å². The van der Waals surface area contributed by atoms with Gasteiger partial charge in [0.05, 0.1) is 5.75 Å². The fraction of sp³-hybridized carbons (Fsp3) is 0.600. The molecule has 120 valence electrons. The Morgan fingerprint density at radius 3 is 2.52 bits per heavy atom. The molecular formula is C15H25FN2O2S. The zero-order chi connectivity index (χ0) is 15.9. The summed E-state index contributed by atoms with van der Waals surface area (Å²) in [6.45, 7) is 3.95. The molecule has 0 saturated heterocycles. The van der Waals surface area contributed by atoms with E-state index in [-0.39, 0.29) is 17.6 Å². The van der Waals surface area contributed by atoms with Crippen molar-refractivity contribution in [3.63, 3.8) is 0 Å². The molecule has 0 aliphatic rings. The van der Waals surface area contributed by atoms with E-state index in [4.69, 9.17) is 0 Å². The molecule has 0 aromatic heterocycles. The Morgan fingerprint density at radius 1 is 1.29 bits per heavy atom. The molecule has 0 spiro atoms. The van der Waals surface area contributed by atoms with E-state index >= 15 is 0 Å². The molecule has 21 heavy (non-hydrogen) atoms. The Kier molecular flexibility index (Phi) is 7.28. The highest BCUT2D eigenvalue weighted by molar-refractivity contribution is 7.90. The summed E-state index contributed by atoms with van der Waals surface area (Å²) in [5.74, 6) is -0.0584. The van der Waals surface area contributed by atoms with Crippen LogP contribution in [0.15, 0.2) is 24.3 Å². The van der Waals surface area contributed by atoms with Crippen molar-refractivity contribution in [2.45, 2.75) is 19.4 Å². The van der Waals surface area contributed by atoms with E-state index in [0.717, 1.165) is 13.0 Å². The van der Waals surface area contributed by atoms with Gasteiger partial charge in [0, 0.05) is 24.4 Å². The summed E-state index contributed by atoms with van der Waals surface area (Å²) in [4.78, 5) is 1.96. The summed E-state index contributed by atoms with van der Waals surface area (Å²) in [6.07, 6.45) is 1.97. The zero-order valence-corrected chi connectivity index (χ0v) is 13.8. The molecule has 1 atom stereocenters. The first kappa shape index (κ1) is 18.1. The standard InChI is InChI=1S/C15H25FN2O2S/c1-4-17-15(13-7-5-6-8-14(13)16)9-10-18(2)11-12-21(3,19)20/h5-8,15,17H,4,9-12H2,1-3H3. The van der Waals surface area contributed by atoms with Crippen LogP contribution >= 0.6 is 0 Å². The van der Waals surface area contributed by atoms with E-state index in [0.29, 0.717) is 18.7 Å². The van der Waals surface area contributed by atoms with Crippen LogP contribution in [-0.4, -0.2) is 52.0 Å². The second-order valence-corrected chi connectivity index (χ2v) is 7.61. The Bertz CT molecular complexity index is 534. The maximum atomic E-state index is 13.9. The lowest BCUT2D eigenvalue weighted by Gasteiger charge is -2.23. The number of rotatable bonds is 9. The van der Waals surface area contributed by atoms with Gasteiger partial charge in [-0.05, 0) is 32.6 Å². The van der Waals surface area contributed by atoms with Gasteiger partial charge in [-0.3, -0.25) is 0 Å². The molecule has 1 N–H and O–H groups in total. The van der Waals surface area contributed by atoms with Gasteiger partial charge in [0.15, 0.2) is 0 Å². The molecule has 0 amide bonds. The SMILES string of the molecule is CCNC(CCN(C)CCS(C)(=O)=O)c1ccccc1F. The van der Waals surface area contributed by atoms with Gasteiger partial charge in [-0.2, -0.15) is 0 Å². The zero-order valence-electron chi connectivity index (χ0n) is 13.0. The number of hydrogen-bond donors (Lipinski definition) is 1. The summed E-state index contributed by atoms with van der Waals surface area (Å²) in [6, 6.07) is 6.71. The van der Waals surface area contributed by atoms with Gasteiger partial charge in [0.1, 0.15) is 15.7 Å². The van der Waals surface area contributed by atoms with Crippen LogP contribution in [0.4, 0.5) is 4.39 Å². The fourth-order valence-electron chi connectivity index (χ4n) is 2.15. The average molecular weight is 316 g/mol. The maximum Gasteiger partial charge on any atom is 0.148 e. The predicted octanol–water partition coefficient (Wildman–Crippen LogP) is 1.84. The molecule has 4 nitrogen and oxygen atoms in total. The Morgan fingerprint density at radius 2 is 1.95 bits per heavy atom. The van der Waals surface area contributed by atoms with Gasteiger partial charge in [-0.25, -0.2) is 12.8 Å². The van der Waals surface area contributed by atoms with Crippen molar-refractivity contribution < 1.29 is 12.8 Å². The van der Waals surface area contributed by atoms with E-state index in [9.17, 15) is 12.8 Å². The minimum absolute atomic E-state index is 0.0584. The second-order valence-electron chi connectivity index (χ2n) is 5.35. The molecule has 0 radical (unpaired) electrons. The van der Waals surface area contributed by atoms with Gasteiger partial charge >= 0.3 is 0 Å². The lowest BCUT2D eigenvalue weighted by molar-refractivity contribution is 0.321. The van der Waals surface area contributed by atoms with Crippen molar-refractivity contribution in [1.82, 2.24) is 10.2 Å². The van der Waals surface area contributed by atoms with Crippen molar-refractivity contribution in [2.75, 3.05) is 38.7 Å². The average Bonchev–Trinajstić information content (AvgIpc) is 2.41. The van der Waals surface area contributed by atoms with Gasteiger partial charge in [0.2, 0.25) is 0 Å². The van der Waals surface area contributed by atoms with Crippen molar-refractivity contribution in [3.8, 4) is 0 Å². The summed E-state index contributed by atoms with van der Waals surface area (Å²) in [5, 5.41) is 3.28. The van der Waals surface area contributed by atoms with E-state index < -0.39 is 9.84 Å². The van der Waals surface area contributed by atoms with Crippen molar-refractivity contribution >= 4 is 9.84 Å². The molecule has 0 aliphatic heterocycles. The maximum absolute atomic E-state index is 13.9. The van der Waals surface area contributed by atoms with Crippen LogP contribution in [-0.2, 0) is 9.84 Å². The van der Waals surface area contributed by atoms with Crippen molar-refractivity contribution in [2.24, 2.45) is 0 Å². The van der Waals surface area contributed by atoms with Crippen LogP contribution in [0.2, 0.25) is 0 Å². The van der Waals surface area contributed by atoms with Gasteiger partial charge in [0.25, 0.3) is 0 Å². The Hall–Kier alpha value is -0.980. The smallest absolute Gasteiger partial charge is 0.148 e. The van der Waals surface area contributed by atoms with Crippen molar-refractivity contribution in [1.29, 1.82) is 0 Å². The van der Waals surface area contributed by atoms with Gasteiger partial charge in [-0.15, -0.1) is 0 Å². The Labute approximate surface area is 127 Å². The number of halogens is 1. The van der Waals surface area contributed by atoms with Crippen molar-refractivity contribution in [3.05, 3.63) is 35.6 Å². The lowest BCUT2D eigenvalue weighted by atomic mass is 10.0. The first-order chi connectivity index (χ1) is 9.83. The molecule has 0 bridgehead atoms. The van der Waals surface area contributed by atoms with E-state index in [1.54, 1.807) is 12.1 Å². The molecular weight excluding hydrogens is 291 g/mol. The number of nitrogens with one attached hydrogen (secondary N) is 1. The van der Waals surface area contributed by atoms with Crippen LogP contribution in [0.25, 0.3) is 0 Å². The van der Waals surface area contributed by atoms with E-state index in [2.05, 4.69) is 5.32 Å². The molecule has 1 rings (SSSR count). The first-order valence-corrected chi connectivity index (χ1v) is 9.23. The van der Waals surface area contributed by atoms with Gasteiger partial charge < -0.3 is 10.2 Å². The molecule has 0 saturated carbocycles. The molecule has 0 aliphatic carbocycles. The summed E-state index contributed by atoms with van der Waals surface area (Å²) < 4.78 is 36.2. The quantitative estimate of drug-likeness (QED) is 0.755.